The highest BCUT2D eigenvalue weighted by Crippen LogP contribution is 2.37. The Morgan fingerprint density at radius 2 is 2.00 bits per heavy atom. The van der Waals surface area contributed by atoms with Gasteiger partial charge >= 0.3 is 12.1 Å². The van der Waals surface area contributed by atoms with Crippen LogP contribution in [0.1, 0.15) is 33.1 Å². The number of rotatable bonds is 5. The molecule has 0 radical (unpaired) electrons. The summed E-state index contributed by atoms with van der Waals surface area (Å²) in [6.45, 7) is 5.71. The van der Waals surface area contributed by atoms with Crippen molar-refractivity contribution in [3.05, 3.63) is 12.7 Å². The van der Waals surface area contributed by atoms with Crippen LogP contribution in [-0.4, -0.2) is 17.7 Å². The highest BCUT2D eigenvalue weighted by molar-refractivity contribution is 5.81. The summed E-state index contributed by atoms with van der Waals surface area (Å²) in [6.07, 6.45) is -3.10. The molecule has 5 heteroatoms. The lowest BCUT2D eigenvalue weighted by molar-refractivity contribution is -0.264. The first-order chi connectivity index (χ1) is 6.77. The Hall–Kier alpha value is -1.00. The molecule has 0 spiro atoms. The lowest BCUT2D eigenvalue weighted by atomic mass is 9.98. The third-order valence-electron chi connectivity index (χ3n) is 2.10. The van der Waals surface area contributed by atoms with Crippen molar-refractivity contribution in [3.63, 3.8) is 0 Å². The van der Waals surface area contributed by atoms with Gasteiger partial charge in [-0.2, -0.15) is 13.2 Å². The van der Waals surface area contributed by atoms with Gasteiger partial charge in [-0.1, -0.05) is 19.9 Å². The number of esters is 1. The number of hydrogen-bond acceptors (Lipinski definition) is 2. The Bertz CT molecular complexity index is 235. The number of ether oxygens (including phenoxy) is 1. The second-order valence-corrected chi connectivity index (χ2v) is 3.46. The number of hydrogen-bond donors (Lipinski definition) is 0. The highest BCUT2D eigenvalue weighted by Gasteiger charge is 2.53. The van der Waals surface area contributed by atoms with Crippen LogP contribution >= 0.6 is 0 Å². The number of carbonyl (C=O) groups is 1. The third kappa shape index (κ3) is 3.93. The van der Waals surface area contributed by atoms with E-state index in [-0.39, 0.29) is 6.42 Å². The van der Waals surface area contributed by atoms with E-state index in [1.807, 2.05) is 0 Å². The summed E-state index contributed by atoms with van der Waals surface area (Å²) in [5.41, 5.74) is -2.41. The van der Waals surface area contributed by atoms with Gasteiger partial charge in [0.05, 0.1) is 0 Å². The smallest absolute Gasteiger partial charge is 0.428 e. The molecule has 2 nitrogen and oxygen atoms in total. The lowest BCUT2D eigenvalue weighted by Gasteiger charge is -2.31. The molecular formula is C10H15F3O2. The molecule has 0 aliphatic rings. The SMILES string of the molecule is C=CC(=O)OC(C)(CCCC)C(F)(F)F. The number of alkyl halides is 3. The van der Waals surface area contributed by atoms with Crippen LogP contribution < -0.4 is 0 Å². The van der Waals surface area contributed by atoms with E-state index in [0.717, 1.165) is 13.0 Å². The molecule has 0 aromatic rings. The molecule has 0 fully saturated rings. The molecule has 0 heterocycles. The fourth-order valence-electron chi connectivity index (χ4n) is 1.03. The second kappa shape index (κ2) is 5.19. The fraction of sp³-hybridized carbons (Fsp3) is 0.700. The summed E-state index contributed by atoms with van der Waals surface area (Å²) in [5.74, 6) is -1.05. The average Bonchev–Trinajstić information content (AvgIpc) is 2.12. The zero-order valence-corrected chi connectivity index (χ0v) is 8.86. The Labute approximate surface area is 87.1 Å². The zero-order chi connectivity index (χ0) is 12.1. The molecule has 0 aromatic carbocycles. The van der Waals surface area contributed by atoms with Crippen LogP contribution in [0.5, 0.6) is 0 Å². The Morgan fingerprint density at radius 1 is 1.47 bits per heavy atom. The molecule has 0 N–H and O–H groups in total. The van der Waals surface area contributed by atoms with Gasteiger partial charge in [0.15, 0.2) is 0 Å². The highest BCUT2D eigenvalue weighted by atomic mass is 19.4. The summed E-state index contributed by atoms with van der Waals surface area (Å²) in [4.78, 5) is 10.8. The van der Waals surface area contributed by atoms with Crippen LogP contribution in [0.15, 0.2) is 12.7 Å². The van der Waals surface area contributed by atoms with Gasteiger partial charge in [-0.05, 0) is 19.8 Å². The van der Waals surface area contributed by atoms with Crippen LogP contribution in [0.4, 0.5) is 13.2 Å². The minimum absolute atomic E-state index is 0.230. The summed E-state index contributed by atoms with van der Waals surface area (Å²) >= 11 is 0. The van der Waals surface area contributed by atoms with E-state index in [1.54, 1.807) is 6.92 Å². The monoisotopic (exact) mass is 224 g/mol. The van der Waals surface area contributed by atoms with Gasteiger partial charge in [-0.3, -0.25) is 0 Å². The topological polar surface area (TPSA) is 26.3 Å². The largest absolute Gasteiger partial charge is 0.447 e. The Balaban J connectivity index is 4.69. The van der Waals surface area contributed by atoms with E-state index in [9.17, 15) is 18.0 Å². The molecule has 0 aliphatic heterocycles. The summed E-state index contributed by atoms with van der Waals surface area (Å²) in [6, 6.07) is 0. The molecule has 15 heavy (non-hydrogen) atoms. The molecule has 0 aliphatic carbocycles. The van der Waals surface area contributed by atoms with E-state index in [2.05, 4.69) is 11.3 Å². The van der Waals surface area contributed by atoms with Gasteiger partial charge in [0.2, 0.25) is 5.60 Å². The maximum atomic E-state index is 12.6. The zero-order valence-electron chi connectivity index (χ0n) is 8.86. The Kier molecular flexibility index (Phi) is 4.84. The van der Waals surface area contributed by atoms with Gasteiger partial charge in [0.1, 0.15) is 0 Å². The number of unbranched alkanes of at least 4 members (excludes halogenated alkanes) is 1. The van der Waals surface area contributed by atoms with Gasteiger partial charge in [0.25, 0.3) is 0 Å². The minimum Gasteiger partial charge on any atom is -0.447 e. The van der Waals surface area contributed by atoms with Gasteiger partial charge in [-0.25, -0.2) is 4.79 Å². The van der Waals surface area contributed by atoms with Gasteiger partial charge < -0.3 is 4.74 Å². The van der Waals surface area contributed by atoms with Crippen LogP contribution in [0.25, 0.3) is 0 Å². The molecule has 1 atom stereocenters. The van der Waals surface area contributed by atoms with Crippen molar-refractivity contribution in [1.82, 2.24) is 0 Å². The van der Waals surface area contributed by atoms with Gasteiger partial charge in [0, 0.05) is 6.08 Å². The van der Waals surface area contributed by atoms with Crippen LogP contribution in [0.2, 0.25) is 0 Å². The molecule has 0 saturated carbocycles. The van der Waals surface area contributed by atoms with Crippen molar-refractivity contribution in [3.8, 4) is 0 Å². The summed E-state index contributed by atoms with van der Waals surface area (Å²) in [7, 11) is 0. The van der Waals surface area contributed by atoms with Crippen molar-refractivity contribution in [2.75, 3.05) is 0 Å². The summed E-state index contributed by atoms with van der Waals surface area (Å²) in [5, 5.41) is 0. The Morgan fingerprint density at radius 3 is 2.33 bits per heavy atom. The average molecular weight is 224 g/mol. The number of carbonyl (C=O) groups excluding carboxylic acids is 1. The van der Waals surface area contributed by atoms with E-state index < -0.39 is 17.7 Å². The van der Waals surface area contributed by atoms with Gasteiger partial charge in [-0.15, -0.1) is 0 Å². The van der Waals surface area contributed by atoms with Crippen LogP contribution in [-0.2, 0) is 9.53 Å². The fourth-order valence-corrected chi connectivity index (χ4v) is 1.03. The molecule has 0 aromatic heterocycles. The molecule has 0 rings (SSSR count). The molecule has 0 amide bonds. The van der Waals surface area contributed by atoms with E-state index in [1.165, 1.54) is 0 Å². The molecule has 0 saturated heterocycles. The predicted octanol–water partition coefficient (Wildman–Crippen LogP) is 3.23. The van der Waals surface area contributed by atoms with Crippen molar-refractivity contribution in [2.45, 2.75) is 44.9 Å². The number of halogens is 3. The second-order valence-electron chi connectivity index (χ2n) is 3.46. The molecule has 1 unspecified atom stereocenters. The van der Waals surface area contributed by atoms with Crippen molar-refractivity contribution >= 4 is 5.97 Å². The molecular weight excluding hydrogens is 209 g/mol. The first kappa shape index (κ1) is 14.0. The minimum atomic E-state index is -4.55. The first-order valence-corrected chi connectivity index (χ1v) is 4.69. The first-order valence-electron chi connectivity index (χ1n) is 4.69. The van der Waals surface area contributed by atoms with Crippen molar-refractivity contribution < 1.29 is 22.7 Å². The quantitative estimate of drug-likeness (QED) is 0.529. The maximum absolute atomic E-state index is 12.6. The maximum Gasteiger partial charge on any atom is 0.428 e. The molecule has 88 valence electrons. The standard InChI is InChI=1S/C10H15F3O2/c1-4-6-7-9(3,10(11,12)13)15-8(14)5-2/h5H,2,4,6-7H2,1,3H3. The predicted molar refractivity (Wildman–Crippen MR) is 50.3 cm³/mol. The van der Waals surface area contributed by atoms with Crippen LogP contribution in [0, 0.1) is 0 Å². The van der Waals surface area contributed by atoms with Crippen molar-refractivity contribution in [1.29, 1.82) is 0 Å². The lowest BCUT2D eigenvalue weighted by Crippen LogP contribution is -2.46. The summed E-state index contributed by atoms with van der Waals surface area (Å²) < 4.78 is 42.2. The molecule has 0 bridgehead atoms. The van der Waals surface area contributed by atoms with Crippen molar-refractivity contribution in [2.24, 2.45) is 0 Å². The van der Waals surface area contributed by atoms with E-state index >= 15 is 0 Å². The van der Waals surface area contributed by atoms with E-state index in [4.69, 9.17) is 0 Å². The van der Waals surface area contributed by atoms with Crippen LogP contribution in [0.3, 0.4) is 0 Å². The van der Waals surface area contributed by atoms with E-state index in [0.29, 0.717) is 12.8 Å². The third-order valence-corrected chi connectivity index (χ3v) is 2.10. The normalized spacial score (nSPS) is 15.5.